The van der Waals surface area contributed by atoms with E-state index in [2.05, 4.69) is 41.4 Å². The fraction of sp³-hybridized carbons (Fsp3) is 0.571. The first kappa shape index (κ1) is 12.6. The lowest BCUT2D eigenvalue weighted by Crippen LogP contribution is -2.42. The molecule has 1 heterocycles. The molecule has 0 amide bonds. The quantitative estimate of drug-likeness (QED) is 0.826. The van der Waals surface area contributed by atoms with Gasteiger partial charge in [-0.2, -0.15) is 0 Å². The van der Waals surface area contributed by atoms with Crippen LogP contribution >= 0.6 is 0 Å². The summed E-state index contributed by atoms with van der Waals surface area (Å²) in [4.78, 5) is 2.38. The molecule has 0 spiro atoms. The SMILES string of the molecule is CC1CCN(Cc2ccccc2)C(CO)CN1. The minimum absolute atomic E-state index is 0.229. The van der Waals surface area contributed by atoms with Crippen LogP contribution in [0.4, 0.5) is 0 Å². The number of hydrogen-bond acceptors (Lipinski definition) is 3. The number of hydrogen-bond donors (Lipinski definition) is 2. The summed E-state index contributed by atoms with van der Waals surface area (Å²) in [5, 5.41) is 12.9. The van der Waals surface area contributed by atoms with E-state index in [-0.39, 0.29) is 12.6 Å². The van der Waals surface area contributed by atoms with Gasteiger partial charge in [0.15, 0.2) is 0 Å². The average Bonchev–Trinajstić information content (AvgIpc) is 2.53. The maximum Gasteiger partial charge on any atom is 0.0599 e. The molecule has 1 aromatic carbocycles. The zero-order valence-corrected chi connectivity index (χ0v) is 10.5. The monoisotopic (exact) mass is 234 g/mol. The van der Waals surface area contributed by atoms with Crippen molar-refractivity contribution in [2.24, 2.45) is 0 Å². The topological polar surface area (TPSA) is 35.5 Å². The number of aliphatic hydroxyl groups is 1. The van der Waals surface area contributed by atoms with Crippen LogP contribution in [0.15, 0.2) is 30.3 Å². The van der Waals surface area contributed by atoms with Crippen LogP contribution in [0, 0.1) is 0 Å². The first-order chi connectivity index (χ1) is 8.29. The molecule has 0 aliphatic carbocycles. The maximum absolute atomic E-state index is 9.47. The van der Waals surface area contributed by atoms with Crippen molar-refractivity contribution in [2.75, 3.05) is 19.7 Å². The molecule has 0 bridgehead atoms. The van der Waals surface area contributed by atoms with E-state index in [9.17, 15) is 5.11 Å². The summed E-state index contributed by atoms with van der Waals surface area (Å²) < 4.78 is 0. The first-order valence-electron chi connectivity index (χ1n) is 6.42. The molecule has 0 radical (unpaired) electrons. The highest BCUT2D eigenvalue weighted by Crippen LogP contribution is 2.12. The summed E-state index contributed by atoms with van der Waals surface area (Å²) >= 11 is 0. The van der Waals surface area contributed by atoms with Gasteiger partial charge in [-0.05, 0) is 18.9 Å². The molecule has 1 aliphatic heterocycles. The lowest BCUT2D eigenvalue weighted by Gasteiger charge is -2.28. The van der Waals surface area contributed by atoms with Gasteiger partial charge in [0.1, 0.15) is 0 Å². The highest BCUT2D eigenvalue weighted by molar-refractivity contribution is 5.14. The molecule has 1 aromatic rings. The standard InChI is InChI=1S/C14H22N2O/c1-12-7-8-16(14(11-17)9-15-12)10-13-5-3-2-4-6-13/h2-6,12,14-15,17H,7-11H2,1H3. The average molecular weight is 234 g/mol. The molecule has 1 fully saturated rings. The molecule has 1 saturated heterocycles. The largest absolute Gasteiger partial charge is 0.395 e. The van der Waals surface area contributed by atoms with E-state index < -0.39 is 0 Å². The fourth-order valence-electron chi connectivity index (χ4n) is 2.32. The molecule has 2 unspecified atom stereocenters. The fourth-order valence-corrected chi connectivity index (χ4v) is 2.32. The van der Waals surface area contributed by atoms with E-state index >= 15 is 0 Å². The number of benzene rings is 1. The molecule has 2 rings (SSSR count). The Morgan fingerprint density at radius 2 is 2.12 bits per heavy atom. The van der Waals surface area contributed by atoms with Crippen LogP contribution in [-0.2, 0) is 6.54 Å². The highest BCUT2D eigenvalue weighted by Gasteiger charge is 2.22. The second-order valence-electron chi connectivity index (χ2n) is 4.89. The third-order valence-electron chi connectivity index (χ3n) is 3.51. The predicted octanol–water partition coefficient (Wildman–Crippen LogP) is 1.23. The molecule has 17 heavy (non-hydrogen) atoms. The van der Waals surface area contributed by atoms with Crippen LogP contribution in [0.5, 0.6) is 0 Å². The Hall–Kier alpha value is -0.900. The summed E-state index contributed by atoms with van der Waals surface area (Å²) in [6, 6.07) is 11.3. The Morgan fingerprint density at radius 3 is 2.82 bits per heavy atom. The van der Waals surface area contributed by atoms with Crippen LogP contribution < -0.4 is 5.32 Å². The Morgan fingerprint density at radius 1 is 1.35 bits per heavy atom. The smallest absolute Gasteiger partial charge is 0.0599 e. The van der Waals surface area contributed by atoms with Crippen molar-refractivity contribution < 1.29 is 5.11 Å². The normalized spacial score (nSPS) is 26.7. The van der Waals surface area contributed by atoms with Gasteiger partial charge in [-0.1, -0.05) is 30.3 Å². The highest BCUT2D eigenvalue weighted by atomic mass is 16.3. The molecule has 2 N–H and O–H groups in total. The zero-order valence-electron chi connectivity index (χ0n) is 10.5. The van der Waals surface area contributed by atoms with E-state index in [4.69, 9.17) is 0 Å². The van der Waals surface area contributed by atoms with Gasteiger partial charge in [-0.15, -0.1) is 0 Å². The van der Waals surface area contributed by atoms with Gasteiger partial charge < -0.3 is 10.4 Å². The van der Waals surface area contributed by atoms with Crippen LogP contribution in [0.25, 0.3) is 0 Å². The van der Waals surface area contributed by atoms with Crippen molar-refractivity contribution in [1.82, 2.24) is 10.2 Å². The van der Waals surface area contributed by atoms with Gasteiger partial charge in [0.25, 0.3) is 0 Å². The summed E-state index contributed by atoms with van der Waals surface area (Å²) in [7, 11) is 0. The number of nitrogens with zero attached hydrogens (tertiary/aromatic N) is 1. The van der Waals surface area contributed by atoms with Crippen molar-refractivity contribution >= 4 is 0 Å². The van der Waals surface area contributed by atoms with Gasteiger partial charge in [0.2, 0.25) is 0 Å². The molecule has 1 aliphatic rings. The summed E-state index contributed by atoms with van der Waals surface area (Å²) in [6.07, 6.45) is 1.14. The Bertz CT molecular complexity index is 328. The first-order valence-corrected chi connectivity index (χ1v) is 6.42. The van der Waals surface area contributed by atoms with Crippen LogP contribution in [0.2, 0.25) is 0 Å². The van der Waals surface area contributed by atoms with Crippen molar-refractivity contribution in [3.05, 3.63) is 35.9 Å². The van der Waals surface area contributed by atoms with Crippen molar-refractivity contribution in [3.8, 4) is 0 Å². The Balaban J connectivity index is 2.01. The van der Waals surface area contributed by atoms with Gasteiger partial charge in [0, 0.05) is 31.7 Å². The summed E-state index contributed by atoms with van der Waals surface area (Å²) in [6.45, 7) is 5.30. The van der Waals surface area contributed by atoms with Gasteiger partial charge in [-0.3, -0.25) is 4.90 Å². The number of rotatable bonds is 3. The summed E-state index contributed by atoms with van der Waals surface area (Å²) in [5.74, 6) is 0. The van der Waals surface area contributed by atoms with Crippen molar-refractivity contribution in [1.29, 1.82) is 0 Å². The van der Waals surface area contributed by atoms with Crippen molar-refractivity contribution in [3.63, 3.8) is 0 Å². The lowest BCUT2D eigenvalue weighted by atomic mass is 10.1. The van der Waals surface area contributed by atoms with E-state index in [1.807, 2.05) is 6.07 Å². The molecule has 94 valence electrons. The molecule has 2 atom stereocenters. The third-order valence-corrected chi connectivity index (χ3v) is 3.51. The van der Waals surface area contributed by atoms with E-state index in [1.165, 1.54) is 5.56 Å². The minimum atomic E-state index is 0.229. The second-order valence-corrected chi connectivity index (χ2v) is 4.89. The second kappa shape index (κ2) is 6.15. The van der Waals surface area contributed by atoms with Crippen LogP contribution in [-0.4, -0.2) is 41.8 Å². The van der Waals surface area contributed by atoms with Gasteiger partial charge >= 0.3 is 0 Å². The van der Waals surface area contributed by atoms with E-state index in [1.54, 1.807) is 0 Å². The number of aliphatic hydroxyl groups excluding tert-OH is 1. The summed E-state index contributed by atoms with van der Waals surface area (Å²) in [5.41, 5.74) is 1.32. The van der Waals surface area contributed by atoms with E-state index in [0.717, 1.165) is 26.1 Å². The maximum atomic E-state index is 9.47. The third kappa shape index (κ3) is 3.53. The van der Waals surface area contributed by atoms with Crippen LogP contribution in [0.1, 0.15) is 18.9 Å². The predicted molar refractivity (Wildman–Crippen MR) is 69.8 cm³/mol. The molecular weight excluding hydrogens is 212 g/mol. The Labute approximate surface area is 103 Å². The van der Waals surface area contributed by atoms with Gasteiger partial charge in [-0.25, -0.2) is 0 Å². The molecule has 0 aromatic heterocycles. The van der Waals surface area contributed by atoms with Gasteiger partial charge in [0.05, 0.1) is 6.61 Å². The number of nitrogens with one attached hydrogen (secondary N) is 1. The molecule has 3 nitrogen and oxygen atoms in total. The van der Waals surface area contributed by atoms with Crippen LogP contribution in [0.3, 0.4) is 0 Å². The van der Waals surface area contributed by atoms with Crippen molar-refractivity contribution in [2.45, 2.75) is 32.0 Å². The Kier molecular flexibility index (Phi) is 4.54. The minimum Gasteiger partial charge on any atom is -0.395 e. The molecule has 3 heteroatoms. The lowest BCUT2D eigenvalue weighted by molar-refractivity contribution is 0.126. The zero-order chi connectivity index (χ0) is 12.1. The van der Waals surface area contributed by atoms with E-state index in [0.29, 0.717) is 6.04 Å². The molecule has 0 saturated carbocycles. The molecular formula is C14H22N2O.